The van der Waals surface area contributed by atoms with Crippen LogP contribution in [0.3, 0.4) is 0 Å². The van der Waals surface area contributed by atoms with Crippen molar-refractivity contribution in [1.29, 1.82) is 0 Å². The summed E-state index contributed by atoms with van der Waals surface area (Å²) >= 11 is 0. The van der Waals surface area contributed by atoms with E-state index in [1.165, 1.54) is 11.1 Å². The smallest absolute Gasteiger partial charge is 0.180 e. The largest absolute Gasteiger partial charge is 0.292 e. The van der Waals surface area contributed by atoms with Crippen LogP contribution in [0, 0.1) is 0 Å². The molecule has 2 aromatic carbocycles. The van der Waals surface area contributed by atoms with Gasteiger partial charge in [-0.3, -0.25) is 9.69 Å². The lowest BCUT2D eigenvalue weighted by atomic mass is 9.88. The van der Waals surface area contributed by atoms with Gasteiger partial charge in [0.2, 0.25) is 0 Å². The lowest BCUT2D eigenvalue weighted by Gasteiger charge is -2.32. The Hall–Kier alpha value is -1.93. The zero-order chi connectivity index (χ0) is 13.7. The van der Waals surface area contributed by atoms with Gasteiger partial charge >= 0.3 is 0 Å². The van der Waals surface area contributed by atoms with Crippen molar-refractivity contribution in [2.45, 2.75) is 24.4 Å². The SMILES string of the molecule is CN1[C@H]2C[C@H](c3ccccc3)[C@@H]1C(=O)c1ccccc12. The van der Waals surface area contributed by atoms with Crippen molar-refractivity contribution in [1.82, 2.24) is 4.90 Å². The summed E-state index contributed by atoms with van der Waals surface area (Å²) in [4.78, 5) is 15.1. The summed E-state index contributed by atoms with van der Waals surface area (Å²) in [5, 5.41) is 0. The van der Waals surface area contributed by atoms with Crippen LogP contribution in [0.25, 0.3) is 0 Å². The summed E-state index contributed by atoms with van der Waals surface area (Å²) in [5.74, 6) is 0.594. The summed E-state index contributed by atoms with van der Waals surface area (Å²) in [6, 6.07) is 18.9. The van der Waals surface area contributed by atoms with Gasteiger partial charge in [-0.2, -0.15) is 0 Å². The Morgan fingerprint density at radius 2 is 1.70 bits per heavy atom. The van der Waals surface area contributed by atoms with Crippen molar-refractivity contribution in [2.24, 2.45) is 0 Å². The van der Waals surface area contributed by atoms with Crippen LogP contribution in [0.2, 0.25) is 0 Å². The summed E-state index contributed by atoms with van der Waals surface area (Å²) in [5.41, 5.74) is 3.42. The highest BCUT2D eigenvalue weighted by atomic mass is 16.1. The number of rotatable bonds is 1. The van der Waals surface area contributed by atoms with Gasteiger partial charge < -0.3 is 0 Å². The average molecular weight is 263 g/mol. The molecule has 20 heavy (non-hydrogen) atoms. The Morgan fingerprint density at radius 3 is 2.50 bits per heavy atom. The fourth-order valence-corrected chi connectivity index (χ4v) is 3.92. The van der Waals surface area contributed by atoms with Gasteiger partial charge in [-0.15, -0.1) is 0 Å². The van der Waals surface area contributed by atoms with Gasteiger partial charge in [0.1, 0.15) is 0 Å². The van der Waals surface area contributed by atoms with Crippen molar-refractivity contribution in [3.05, 3.63) is 71.3 Å². The van der Waals surface area contributed by atoms with Gasteiger partial charge in [0, 0.05) is 17.5 Å². The number of carbonyl (C=O) groups excluding carboxylic acids is 1. The molecule has 1 fully saturated rings. The molecule has 0 saturated carbocycles. The van der Waals surface area contributed by atoms with Crippen LogP contribution in [0.4, 0.5) is 0 Å². The summed E-state index contributed by atoms with van der Waals surface area (Å²) in [6.07, 6.45) is 1.04. The monoisotopic (exact) mass is 263 g/mol. The Kier molecular flexibility index (Phi) is 2.54. The first kappa shape index (κ1) is 11.9. The second kappa shape index (κ2) is 4.29. The van der Waals surface area contributed by atoms with Crippen LogP contribution >= 0.6 is 0 Å². The number of Topliss-reactive ketones (excluding diaryl/α,β-unsaturated/α-hetero) is 1. The number of hydrogen-bond donors (Lipinski definition) is 0. The van der Waals surface area contributed by atoms with E-state index in [4.69, 9.17) is 0 Å². The Morgan fingerprint density at radius 1 is 1.00 bits per heavy atom. The molecule has 100 valence electrons. The van der Waals surface area contributed by atoms with Crippen LogP contribution in [-0.2, 0) is 0 Å². The Balaban J connectivity index is 1.83. The fourth-order valence-electron chi connectivity index (χ4n) is 3.92. The van der Waals surface area contributed by atoms with Gasteiger partial charge in [0.15, 0.2) is 5.78 Å². The maximum Gasteiger partial charge on any atom is 0.180 e. The number of carbonyl (C=O) groups is 1. The highest BCUT2D eigenvalue weighted by Gasteiger charge is 2.49. The van der Waals surface area contributed by atoms with E-state index < -0.39 is 0 Å². The minimum Gasteiger partial charge on any atom is -0.292 e. The number of fused-ring (bicyclic) bond motifs is 4. The van der Waals surface area contributed by atoms with E-state index in [0.717, 1.165) is 12.0 Å². The Bertz CT molecular complexity index is 664. The lowest BCUT2D eigenvalue weighted by Crippen LogP contribution is -2.41. The normalized spacial score (nSPS) is 28.4. The van der Waals surface area contributed by atoms with Crippen LogP contribution in [0.5, 0.6) is 0 Å². The van der Waals surface area contributed by atoms with E-state index in [0.29, 0.717) is 12.0 Å². The lowest BCUT2D eigenvalue weighted by molar-refractivity contribution is 0.0826. The third kappa shape index (κ3) is 1.52. The van der Waals surface area contributed by atoms with E-state index >= 15 is 0 Å². The third-order valence-electron chi connectivity index (χ3n) is 4.87. The number of hydrogen-bond acceptors (Lipinski definition) is 2. The molecule has 0 aromatic heterocycles. The molecule has 2 nitrogen and oxygen atoms in total. The third-order valence-corrected chi connectivity index (χ3v) is 4.87. The van der Waals surface area contributed by atoms with Gasteiger partial charge in [-0.1, -0.05) is 54.6 Å². The predicted octanol–water partition coefficient (Wildman–Crippen LogP) is 3.41. The van der Waals surface area contributed by atoms with Crippen molar-refractivity contribution in [2.75, 3.05) is 7.05 Å². The summed E-state index contributed by atoms with van der Waals surface area (Å²) in [6.45, 7) is 0. The number of nitrogens with zero attached hydrogens (tertiary/aromatic N) is 1. The summed E-state index contributed by atoms with van der Waals surface area (Å²) in [7, 11) is 2.09. The van der Waals surface area contributed by atoms with E-state index in [2.05, 4.69) is 42.3 Å². The highest BCUT2D eigenvalue weighted by Crippen LogP contribution is 2.49. The second-order valence-corrected chi connectivity index (χ2v) is 5.83. The molecule has 2 bridgehead atoms. The molecule has 2 heteroatoms. The van der Waals surface area contributed by atoms with Crippen LogP contribution in [-0.4, -0.2) is 23.8 Å². The van der Waals surface area contributed by atoms with Gasteiger partial charge in [0.25, 0.3) is 0 Å². The van der Waals surface area contributed by atoms with Crippen LogP contribution in [0.1, 0.15) is 39.9 Å². The molecule has 2 heterocycles. The van der Waals surface area contributed by atoms with Crippen molar-refractivity contribution in [3.8, 4) is 0 Å². The van der Waals surface area contributed by atoms with Gasteiger partial charge in [0.05, 0.1) is 6.04 Å². The van der Waals surface area contributed by atoms with Crippen molar-refractivity contribution >= 4 is 5.78 Å². The molecule has 0 radical (unpaired) electrons. The molecule has 0 N–H and O–H groups in total. The highest BCUT2D eigenvalue weighted by molar-refractivity contribution is 6.03. The molecular weight excluding hydrogens is 246 g/mol. The first-order valence-corrected chi connectivity index (χ1v) is 7.17. The number of benzene rings is 2. The second-order valence-electron chi connectivity index (χ2n) is 5.83. The molecule has 2 aliphatic rings. The van der Waals surface area contributed by atoms with Crippen LogP contribution < -0.4 is 0 Å². The number of ketones is 1. The van der Waals surface area contributed by atoms with Gasteiger partial charge in [-0.05, 0) is 24.6 Å². The maximum absolute atomic E-state index is 12.8. The van der Waals surface area contributed by atoms with Gasteiger partial charge in [-0.25, -0.2) is 0 Å². The predicted molar refractivity (Wildman–Crippen MR) is 78.9 cm³/mol. The first-order valence-electron chi connectivity index (χ1n) is 7.17. The minimum atomic E-state index is -0.00250. The standard InChI is InChI=1S/C18H17NO/c1-19-16-11-15(12-7-3-2-4-8-12)17(19)18(20)14-10-6-5-9-13(14)16/h2-10,15-17H,11H2,1H3/t15-,16+,17-/m1/s1. The topological polar surface area (TPSA) is 20.3 Å². The minimum absolute atomic E-state index is 0.00250. The molecular formula is C18H17NO. The molecule has 2 aromatic rings. The number of likely N-dealkylation sites (N-methyl/N-ethyl adjacent to an activating group) is 1. The quantitative estimate of drug-likeness (QED) is 0.786. The first-order chi connectivity index (χ1) is 9.77. The molecule has 3 atom stereocenters. The average Bonchev–Trinajstić information content (AvgIpc) is 2.77. The maximum atomic E-state index is 12.8. The zero-order valence-corrected chi connectivity index (χ0v) is 11.5. The van der Waals surface area contributed by atoms with E-state index in [1.807, 2.05) is 24.3 Å². The van der Waals surface area contributed by atoms with E-state index in [-0.39, 0.29) is 11.8 Å². The molecule has 0 amide bonds. The molecule has 0 unspecified atom stereocenters. The summed E-state index contributed by atoms with van der Waals surface area (Å²) < 4.78 is 0. The van der Waals surface area contributed by atoms with Crippen LogP contribution in [0.15, 0.2) is 54.6 Å². The van der Waals surface area contributed by atoms with Crippen molar-refractivity contribution in [3.63, 3.8) is 0 Å². The van der Waals surface area contributed by atoms with Crippen molar-refractivity contribution < 1.29 is 4.79 Å². The fraction of sp³-hybridized carbons (Fsp3) is 0.278. The molecule has 2 aliphatic heterocycles. The molecule has 1 saturated heterocycles. The molecule has 0 aliphatic carbocycles. The van der Waals surface area contributed by atoms with E-state index in [9.17, 15) is 4.79 Å². The molecule has 0 spiro atoms. The molecule has 4 rings (SSSR count). The van der Waals surface area contributed by atoms with E-state index in [1.54, 1.807) is 0 Å². The zero-order valence-electron chi connectivity index (χ0n) is 11.5. The Labute approximate surface area is 119 Å².